The molecule has 0 N–H and O–H groups in total. The van der Waals surface area contributed by atoms with Crippen molar-refractivity contribution in [2.24, 2.45) is 11.3 Å². The number of imide groups is 1. The second kappa shape index (κ2) is 7.31. The van der Waals surface area contributed by atoms with Gasteiger partial charge in [-0.3, -0.25) is 14.4 Å². The van der Waals surface area contributed by atoms with E-state index in [-0.39, 0.29) is 29.4 Å². The molecule has 1 heterocycles. The minimum atomic E-state index is -0.464. The molecule has 4 nitrogen and oxygen atoms in total. The van der Waals surface area contributed by atoms with Crippen LogP contribution in [0.3, 0.4) is 0 Å². The molecule has 1 aromatic carbocycles. The summed E-state index contributed by atoms with van der Waals surface area (Å²) in [6.45, 7) is 10.4. The van der Waals surface area contributed by atoms with Gasteiger partial charge in [0.25, 0.3) is 0 Å². The number of nitrogens with zero attached hydrogens (tertiary/aromatic N) is 1. The van der Waals surface area contributed by atoms with Crippen LogP contribution in [-0.2, 0) is 19.8 Å². The summed E-state index contributed by atoms with van der Waals surface area (Å²) in [4.78, 5) is 39.9. The molecule has 1 aliphatic heterocycles. The molecule has 4 heteroatoms. The molecule has 1 aromatic rings. The Morgan fingerprint density at radius 2 is 1.71 bits per heavy atom. The average Bonchev–Trinajstić information content (AvgIpc) is 2.95. The number of hydrogen-bond acceptors (Lipinski definition) is 3. The number of allylic oxidation sites excluding steroid dienone is 2. The second-order valence-corrected chi connectivity index (χ2v) is 9.35. The highest BCUT2D eigenvalue weighted by Gasteiger charge is 2.50. The zero-order chi connectivity index (χ0) is 20.7. The quantitative estimate of drug-likeness (QED) is 0.693. The Kier molecular flexibility index (Phi) is 5.35. The number of benzene rings is 1. The molecule has 28 heavy (non-hydrogen) atoms. The molecule has 0 bridgehead atoms. The van der Waals surface area contributed by atoms with E-state index in [9.17, 15) is 14.4 Å². The van der Waals surface area contributed by atoms with E-state index < -0.39 is 11.3 Å². The van der Waals surface area contributed by atoms with E-state index in [1.165, 1.54) is 4.90 Å². The number of rotatable bonds is 4. The molecule has 0 spiro atoms. The van der Waals surface area contributed by atoms with Crippen LogP contribution in [-0.4, -0.2) is 17.6 Å². The van der Waals surface area contributed by atoms with Crippen molar-refractivity contribution in [3.63, 3.8) is 0 Å². The third-order valence-corrected chi connectivity index (χ3v) is 6.54. The van der Waals surface area contributed by atoms with E-state index >= 15 is 0 Å². The highest BCUT2D eigenvalue weighted by atomic mass is 16.2. The van der Waals surface area contributed by atoms with Crippen LogP contribution in [0.1, 0.15) is 72.3 Å². The third kappa shape index (κ3) is 3.45. The maximum atomic E-state index is 13.5. The molecular formula is C24H31NO3. The van der Waals surface area contributed by atoms with Crippen molar-refractivity contribution >= 4 is 23.3 Å². The van der Waals surface area contributed by atoms with Gasteiger partial charge >= 0.3 is 0 Å². The van der Waals surface area contributed by atoms with Gasteiger partial charge in [0.1, 0.15) is 0 Å². The lowest BCUT2D eigenvalue weighted by atomic mass is 9.66. The van der Waals surface area contributed by atoms with Crippen LogP contribution in [0.15, 0.2) is 35.9 Å². The van der Waals surface area contributed by atoms with Crippen LogP contribution >= 0.6 is 0 Å². The van der Waals surface area contributed by atoms with Crippen LogP contribution in [0.4, 0.5) is 5.69 Å². The normalized spacial score (nSPS) is 23.0. The number of anilines is 1. The Bertz CT molecular complexity index is 846. The maximum absolute atomic E-state index is 13.5. The molecule has 1 saturated heterocycles. The molecule has 3 rings (SSSR count). The first kappa shape index (κ1) is 20.5. The summed E-state index contributed by atoms with van der Waals surface area (Å²) < 4.78 is 0. The fourth-order valence-electron chi connectivity index (χ4n) is 4.63. The van der Waals surface area contributed by atoms with E-state index in [0.29, 0.717) is 12.1 Å². The number of carbonyl (C=O) groups is 3. The number of amides is 2. The summed E-state index contributed by atoms with van der Waals surface area (Å²) in [6, 6.07) is 7.68. The van der Waals surface area contributed by atoms with Crippen molar-refractivity contribution in [2.75, 3.05) is 4.90 Å². The Morgan fingerprint density at radius 3 is 2.32 bits per heavy atom. The smallest absolute Gasteiger partial charge is 0.238 e. The highest BCUT2D eigenvalue weighted by molar-refractivity contribution is 6.21. The summed E-state index contributed by atoms with van der Waals surface area (Å²) in [5.74, 6) is -0.568. The van der Waals surface area contributed by atoms with Gasteiger partial charge < -0.3 is 0 Å². The molecule has 2 aliphatic rings. The zero-order valence-electron chi connectivity index (χ0n) is 17.7. The molecule has 0 unspecified atom stereocenters. The molecule has 2 amide bonds. The molecule has 1 fully saturated rings. The first-order valence-corrected chi connectivity index (χ1v) is 10.3. The molecular weight excluding hydrogens is 350 g/mol. The first-order chi connectivity index (χ1) is 13.1. The van der Waals surface area contributed by atoms with Gasteiger partial charge in [-0.1, -0.05) is 58.4 Å². The summed E-state index contributed by atoms with van der Waals surface area (Å²) in [5.41, 5.74) is 2.07. The van der Waals surface area contributed by atoms with E-state index in [1.54, 1.807) is 6.08 Å². The van der Waals surface area contributed by atoms with Crippen molar-refractivity contribution in [1.82, 2.24) is 0 Å². The Labute approximate surface area is 168 Å². The van der Waals surface area contributed by atoms with Gasteiger partial charge in [0.05, 0.1) is 11.6 Å². The summed E-state index contributed by atoms with van der Waals surface area (Å²) in [7, 11) is 0. The zero-order valence-corrected chi connectivity index (χ0v) is 17.7. The van der Waals surface area contributed by atoms with E-state index in [4.69, 9.17) is 0 Å². The van der Waals surface area contributed by atoms with Gasteiger partial charge in [0, 0.05) is 18.3 Å². The van der Waals surface area contributed by atoms with E-state index in [2.05, 4.69) is 20.8 Å². The molecule has 150 valence electrons. The minimum Gasteiger partial charge on any atom is -0.295 e. The Balaban J connectivity index is 2.02. The van der Waals surface area contributed by atoms with Crippen molar-refractivity contribution < 1.29 is 14.4 Å². The lowest BCUT2D eigenvalue weighted by molar-refractivity contribution is -0.124. The van der Waals surface area contributed by atoms with Crippen molar-refractivity contribution in [3.8, 4) is 0 Å². The van der Waals surface area contributed by atoms with Crippen LogP contribution in [0.5, 0.6) is 0 Å². The molecule has 0 aromatic heterocycles. The van der Waals surface area contributed by atoms with E-state index in [1.807, 2.05) is 38.1 Å². The highest BCUT2D eigenvalue weighted by Crippen LogP contribution is 2.48. The minimum absolute atomic E-state index is 0.132. The predicted octanol–water partition coefficient (Wildman–Crippen LogP) is 4.96. The van der Waals surface area contributed by atoms with Gasteiger partial charge in [-0.15, -0.1) is 0 Å². The number of carbonyl (C=O) groups excluding carboxylic acids is 3. The number of ketones is 1. The van der Waals surface area contributed by atoms with E-state index in [0.717, 1.165) is 30.4 Å². The van der Waals surface area contributed by atoms with Gasteiger partial charge in [-0.2, -0.15) is 0 Å². The summed E-state index contributed by atoms with van der Waals surface area (Å²) in [5, 5.41) is 0. The number of para-hydroxylation sites is 1. The first-order valence-electron chi connectivity index (χ1n) is 10.3. The Hall–Kier alpha value is -2.23. The molecule has 0 saturated carbocycles. The van der Waals surface area contributed by atoms with Gasteiger partial charge in [0.2, 0.25) is 11.8 Å². The van der Waals surface area contributed by atoms with Gasteiger partial charge in [-0.05, 0) is 42.4 Å². The van der Waals surface area contributed by atoms with Crippen molar-refractivity contribution in [1.29, 1.82) is 0 Å². The van der Waals surface area contributed by atoms with Gasteiger partial charge in [0.15, 0.2) is 5.78 Å². The largest absolute Gasteiger partial charge is 0.295 e. The monoisotopic (exact) mass is 381 g/mol. The fraction of sp³-hybridized carbons (Fsp3) is 0.542. The summed E-state index contributed by atoms with van der Waals surface area (Å²) in [6.07, 6.45) is 4.89. The van der Waals surface area contributed by atoms with Crippen molar-refractivity contribution in [3.05, 3.63) is 41.5 Å². The van der Waals surface area contributed by atoms with Crippen molar-refractivity contribution in [2.45, 2.75) is 72.1 Å². The molecule has 0 radical (unpaired) electrons. The van der Waals surface area contributed by atoms with Crippen LogP contribution in [0.2, 0.25) is 0 Å². The second-order valence-electron chi connectivity index (χ2n) is 9.35. The topological polar surface area (TPSA) is 54.5 Å². The lowest BCUT2D eigenvalue weighted by Gasteiger charge is -2.37. The lowest BCUT2D eigenvalue weighted by Crippen LogP contribution is -2.38. The fourth-order valence-corrected chi connectivity index (χ4v) is 4.63. The maximum Gasteiger partial charge on any atom is 0.238 e. The average molecular weight is 382 g/mol. The van der Waals surface area contributed by atoms with Crippen LogP contribution in [0, 0.1) is 11.3 Å². The molecule has 2 atom stereocenters. The van der Waals surface area contributed by atoms with Gasteiger partial charge in [-0.25, -0.2) is 4.90 Å². The standard InChI is InChI=1S/C24H31NO3/c1-6-24(5,16-10-9-11-17(26)14-16)19-15-21(27)25(22(19)28)20-13-8-7-12-18(20)23(2,3)4/h7-8,12-14,19H,6,9-11,15H2,1-5H3/t19-,24+/m0/s1. The van der Waals surface area contributed by atoms with Crippen LogP contribution < -0.4 is 4.90 Å². The third-order valence-electron chi connectivity index (χ3n) is 6.54. The van der Waals surface area contributed by atoms with Crippen LogP contribution in [0.25, 0.3) is 0 Å². The number of hydrogen-bond donors (Lipinski definition) is 0. The molecule has 1 aliphatic carbocycles. The summed E-state index contributed by atoms with van der Waals surface area (Å²) >= 11 is 0. The predicted molar refractivity (Wildman–Crippen MR) is 111 cm³/mol. The Morgan fingerprint density at radius 1 is 1.04 bits per heavy atom. The SMILES string of the molecule is CC[C@](C)(C1=CC(=O)CCC1)[C@H]1CC(=O)N(c2ccccc2C(C)(C)C)C1=O.